The fourth-order valence-corrected chi connectivity index (χ4v) is 1.64. The first kappa shape index (κ1) is 12.4. The molecule has 2 aromatic heterocycles. The normalized spacial score (nSPS) is 10.1. The van der Waals surface area contributed by atoms with Crippen LogP contribution in [0.4, 0.5) is 5.82 Å². The van der Waals surface area contributed by atoms with Gasteiger partial charge in [0.15, 0.2) is 6.29 Å². The van der Waals surface area contributed by atoms with Gasteiger partial charge in [0.05, 0.1) is 17.8 Å². The van der Waals surface area contributed by atoms with Gasteiger partial charge in [-0.2, -0.15) is 10.2 Å². The maximum atomic E-state index is 10.9. The van der Waals surface area contributed by atoms with Gasteiger partial charge >= 0.3 is 0 Å². The van der Waals surface area contributed by atoms with E-state index >= 15 is 0 Å². The van der Waals surface area contributed by atoms with Crippen molar-refractivity contribution in [2.75, 3.05) is 5.32 Å². The number of aldehydes is 1. The zero-order chi connectivity index (χ0) is 13.0. The Morgan fingerprint density at radius 1 is 1.44 bits per heavy atom. The quantitative estimate of drug-likeness (QED) is 0.667. The van der Waals surface area contributed by atoms with Gasteiger partial charge in [0, 0.05) is 6.20 Å². The first-order valence-corrected chi connectivity index (χ1v) is 5.58. The summed E-state index contributed by atoms with van der Waals surface area (Å²) in [5, 5.41) is 10.8. The van der Waals surface area contributed by atoms with E-state index in [2.05, 4.69) is 25.5 Å². The van der Waals surface area contributed by atoms with Gasteiger partial charge in [-0.3, -0.25) is 4.79 Å². The van der Waals surface area contributed by atoms with Crippen LogP contribution in [0.5, 0.6) is 0 Å². The molecule has 0 amide bonds. The van der Waals surface area contributed by atoms with Gasteiger partial charge in [0.1, 0.15) is 16.8 Å². The maximum absolute atomic E-state index is 10.9. The molecule has 0 aliphatic heterocycles. The number of halogens is 1. The number of rotatable bonds is 4. The van der Waals surface area contributed by atoms with Gasteiger partial charge in [-0.05, 0) is 19.1 Å². The van der Waals surface area contributed by atoms with Crippen molar-refractivity contribution in [3.05, 3.63) is 40.6 Å². The van der Waals surface area contributed by atoms with Crippen LogP contribution in [0.1, 0.15) is 21.9 Å². The molecule has 6 nitrogen and oxygen atoms in total. The lowest BCUT2D eigenvalue weighted by atomic mass is 10.3. The lowest BCUT2D eigenvalue weighted by Gasteiger charge is -2.08. The molecule has 18 heavy (non-hydrogen) atoms. The van der Waals surface area contributed by atoms with Crippen molar-refractivity contribution in [1.29, 1.82) is 0 Å². The molecular formula is C11H10ClN5O. The molecule has 0 atom stereocenters. The summed E-state index contributed by atoms with van der Waals surface area (Å²) in [5.41, 5.74) is 0.980. The van der Waals surface area contributed by atoms with E-state index in [1.807, 2.05) is 6.07 Å². The standard InChI is InChI=1S/C11H10ClN5O/c1-7-15-10(12)9(6-18)11(16-7)13-5-8-3-2-4-14-17-8/h2-4,6H,5H2,1H3,(H,13,15,16). The Balaban J connectivity index is 2.21. The Kier molecular flexibility index (Phi) is 3.78. The Hall–Kier alpha value is -2.08. The van der Waals surface area contributed by atoms with Crippen LogP contribution >= 0.6 is 11.6 Å². The lowest BCUT2D eigenvalue weighted by molar-refractivity contribution is 0.112. The third-order valence-corrected chi connectivity index (χ3v) is 2.48. The van der Waals surface area contributed by atoms with Gasteiger partial charge in [-0.25, -0.2) is 9.97 Å². The van der Waals surface area contributed by atoms with Crippen LogP contribution in [0.3, 0.4) is 0 Å². The highest BCUT2D eigenvalue weighted by Crippen LogP contribution is 2.19. The molecule has 92 valence electrons. The molecular weight excluding hydrogens is 254 g/mol. The van der Waals surface area contributed by atoms with Crippen molar-refractivity contribution in [3.8, 4) is 0 Å². The fraction of sp³-hybridized carbons (Fsp3) is 0.182. The molecule has 0 bridgehead atoms. The Morgan fingerprint density at radius 2 is 2.28 bits per heavy atom. The highest BCUT2D eigenvalue weighted by atomic mass is 35.5. The largest absolute Gasteiger partial charge is 0.364 e. The topological polar surface area (TPSA) is 80.7 Å². The molecule has 1 N–H and O–H groups in total. The number of aryl methyl sites for hydroxylation is 1. The number of hydrogen-bond acceptors (Lipinski definition) is 6. The van der Waals surface area contributed by atoms with Crippen LogP contribution in [0, 0.1) is 6.92 Å². The second-order valence-electron chi connectivity index (χ2n) is 3.51. The van der Waals surface area contributed by atoms with Crippen molar-refractivity contribution >= 4 is 23.7 Å². The number of carbonyl (C=O) groups is 1. The van der Waals surface area contributed by atoms with Crippen molar-refractivity contribution in [3.63, 3.8) is 0 Å². The van der Waals surface area contributed by atoms with Crippen LogP contribution in [-0.4, -0.2) is 26.5 Å². The molecule has 0 aliphatic carbocycles. The molecule has 0 aliphatic rings. The highest BCUT2D eigenvalue weighted by Gasteiger charge is 2.10. The van der Waals surface area contributed by atoms with E-state index in [-0.39, 0.29) is 10.7 Å². The molecule has 2 heterocycles. The van der Waals surface area contributed by atoms with Crippen LogP contribution < -0.4 is 5.32 Å². The summed E-state index contributed by atoms with van der Waals surface area (Å²) in [6.07, 6.45) is 2.22. The first-order chi connectivity index (χ1) is 8.70. The monoisotopic (exact) mass is 263 g/mol. The number of carbonyl (C=O) groups excluding carboxylic acids is 1. The Labute approximate surface area is 108 Å². The molecule has 0 unspecified atom stereocenters. The van der Waals surface area contributed by atoms with Gasteiger partial charge in [-0.15, -0.1) is 0 Å². The molecule has 0 radical (unpaired) electrons. The van der Waals surface area contributed by atoms with E-state index in [9.17, 15) is 4.79 Å². The lowest BCUT2D eigenvalue weighted by Crippen LogP contribution is -2.08. The molecule has 0 spiro atoms. The second-order valence-corrected chi connectivity index (χ2v) is 3.87. The predicted molar refractivity (Wildman–Crippen MR) is 66.5 cm³/mol. The van der Waals surface area contributed by atoms with Crippen LogP contribution in [0.15, 0.2) is 18.3 Å². The minimum atomic E-state index is 0.138. The molecule has 0 saturated heterocycles. The summed E-state index contributed by atoms with van der Waals surface area (Å²) >= 11 is 5.87. The van der Waals surface area contributed by atoms with E-state index in [0.717, 1.165) is 5.69 Å². The second kappa shape index (κ2) is 5.50. The van der Waals surface area contributed by atoms with Gasteiger partial charge in [-0.1, -0.05) is 11.6 Å². The number of nitrogens with zero attached hydrogens (tertiary/aromatic N) is 4. The van der Waals surface area contributed by atoms with Gasteiger partial charge in [0.2, 0.25) is 0 Å². The van der Waals surface area contributed by atoms with Crippen molar-refractivity contribution in [1.82, 2.24) is 20.2 Å². The molecule has 2 aromatic rings. The third kappa shape index (κ3) is 2.78. The number of anilines is 1. The SMILES string of the molecule is Cc1nc(Cl)c(C=O)c(NCc2cccnn2)n1. The van der Waals surface area contributed by atoms with E-state index in [1.54, 1.807) is 19.2 Å². The number of hydrogen-bond donors (Lipinski definition) is 1. The fourth-order valence-electron chi connectivity index (χ4n) is 1.39. The summed E-state index contributed by atoms with van der Waals surface area (Å²) in [4.78, 5) is 19.0. The Bertz CT molecular complexity index is 561. The molecule has 0 saturated carbocycles. The minimum Gasteiger partial charge on any atom is -0.364 e. The van der Waals surface area contributed by atoms with E-state index in [1.165, 1.54) is 0 Å². The number of aromatic nitrogens is 4. The number of nitrogens with one attached hydrogen (secondary N) is 1. The van der Waals surface area contributed by atoms with Crippen molar-refractivity contribution in [2.45, 2.75) is 13.5 Å². The minimum absolute atomic E-state index is 0.138. The molecule has 2 rings (SSSR count). The Morgan fingerprint density at radius 3 is 2.94 bits per heavy atom. The average Bonchev–Trinajstić information content (AvgIpc) is 2.37. The maximum Gasteiger partial charge on any atom is 0.156 e. The molecule has 0 fully saturated rings. The molecule has 7 heteroatoms. The van der Waals surface area contributed by atoms with E-state index in [0.29, 0.717) is 24.5 Å². The average molecular weight is 264 g/mol. The zero-order valence-electron chi connectivity index (χ0n) is 9.59. The van der Waals surface area contributed by atoms with Crippen LogP contribution in [0.25, 0.3) is 0 Å². The summed E-state index contributed by atoms with van der Waals surface area (Å²) in [6.45, 7) is 2.11. The molecule has 0 aromatic carbocycles. The van der Waals surface area contributed by atoms with Crippen LogP contribution in [0.2, 0.25) is 5.15 Å². The predicted octanol–water partition coefficient (Wildman–Crippen LogP) is 1.65. The van der Waals surface area contributed by atoms with Crippen molar-refractivity contribution in [2.24, 2.45) is 0 Å². The van der Waals surface area contributed by atoms with E-state index in [4.69, 9.17) is 11.6 Å². The van der Waals surface area contributed by atoms with Gasteiger partial charge < -0.3 is 5.32 Å². The van der Waals surface area contributed by atoms with Crippen molar-refractivity contribution < 1.29 is 4.79 Å². The summed E-state index contributed by atoms with van der Waals surface area (Å²) in [6, 6.07) is 3.60. The highest BCUT2D eigenvalue weighted by molar-refractivity contribution is 6.32. The first-order valence-electron chi connectivity index (χ1n) is 5.20. The third-order valence-electron chi connectivity index (χ3n) is 2.19. The smallest absolute Gasteiger partial charge is 0.156 e. The summed E-state index contributed by atoms with van der Waals surface area (Å²) in [5.74, 6) is 0.889. The van der Waals surface area contributed by atoms with E-state index < -0.39 is 0 Å². The van der Waals surface area contributed by atoms with Gasteiger partial charge in [0.25, 0.3) is 0 Å². The zero-order valence-corrected chi connectivity index (χ0v) is 10.3. The van der Waals surface area contributed by atoms with Crippen LogP contribution in [-0.2, 0) is 6.54 Å². The summed E-state index contributed by atoms with van der Waals surface area (Å²) in [7, 11) is 0. The summed E-state index contributed by atoms with van der Waals surface area (Å²) < 4.78 is 0.